The van der Waals surface area contributed by atoms with Crippen LogP contribution in [0.1, 0.15) is 16.7 Å². The highest BCUT2D eigenvalue weighted by Gasteiger charge is 2.16. The number of hydrogen-bond donors (Lipinski definition) is 0. The quantitative estimate of drug-likeness (QED) is 0.204. The highest BCUT2D eigenvalue weighted by atomic mass is 127. The Morgan fingerprint density at radius 1 is 0.719 bits per heavy atom. The second kappa shape index (κ2) is 9.21. The van der Waals surface area contributed by atoms with Crippen molar-refractivity contribution in [2.75, 3.05) is 0 Å². The molecule has 0 N–H and O–H groups in total. The zero-order valence-electron chi connectivity index (χ0n) is 18.0. The summed E-state index contributed by atoms with van der Waals surface area (Å²) in [4.78, 5) is 0. The van der Waals surface area contributed by atoms with Crippen molar-refractivity contribution in [1.82, 2.24) is 4.57 Å². The molecule has 3 heteroatoms. The fourth-order valence-electron chi connectivity index (χ4n) is 4.24. The predicted octanol–water partition coefficient (Wildman–Crippen LogP) is 7.85. The lowest BCUT2D eigenvalue weighted by atomic mass is 10.1. The van der Waals surface area contributed by atoms with Gasteiger partial charge in [-0.05, 0) is 94.2 Å². The topological polar surface area (TPSA) is 14.2 Å². The van der Waals surface area contributed by atoms with E-state index in [1.165, 1.54) is 42.4 Å². The summed E-state index contributed by atoms with van der Waals surface area (Å²) < 4.78 is 9.69. The monoisotopic (exact) mass is 529 g/mol. The molecule has 0 saturated carbocycles. The number of benzene rings is 4. The molecule has 1 aromatic heterocycles. The Kier molecular flexibility index (Phi) is 5.99. The van der Waals surface area contributed by atoms with Crippen LogP contribution in [-0.4, -0.2) is 4.57 Å². The average Bonchev–Trinajstić information content (AvgIpc) is 3.12. The summed E-state index contributed by atoms with van der Waals surface area (Å²) in [6.45, 7) is 3.64. The molecule has 158 valence electrons. The van der Waals surface area contributed by atoms with Crippen molar-refractivity contribution < 1.29 is 4.74 Å². The van der Waals surface area contributed by atoms with E-state index in [0.29, 0.717) is 6.61 Å². The molecule has 0 atom stereocenters. The maximum Gasteiger partial charge on any atom is 0.119 e. The summed E-state index contributed by atoms with van der Waals surface area (Å²) in [7, 11) is 0. The van der Waals surface area contributed by atoms with E-state index in [-0.39, 0.29) is 0 Å². The Balaban J connectivity index is 1.49. The molecule has 0 bridgehead atoms. The zero-order chi connectivity index (χ0) is 21.9. The molecule has 4 aromatic carbocycles. The van der Waals surface area contributed by atoms with Gasteiger partial charge in [-0.25, -0.2) is 0 Å². The number of aryl methyl sites for hydroxylation is 1. The van der Waals surface area contributed by atoms with E-state index in [1.807, 2.05) is 18.2 Å². The Morgan fingerprint density at radius 3 is 2.16 bits per heavy atom. The first-order valence-corrected chi connectivity index (χ1v) is 11.9. The molecule has 0 aliphatic carbocycles. The molecule has 0 spiro atoms. The molecule has 0 radical (unpaired) electrons. The fraction of sp³-hybridized carbons (Fsp3) is 0.103. The Labute approximate surface area is 202 Å². The van der Waals surface area contributed by atoms with Gasteiger partial charge in [0.2, 0.25) is 0 Å². The number of fused-ring (bicyclic) bond motifs is 1. The molecule has 5 rings (SSSR count). The van der Waals surface area contributed by atoms with Gasteiger partial charge in [-0.1, -0.05) is 60.7 Å². The second-order valence-electron chi connectivity index (χ2n) is 8.00. The van der Waals surface area contributed by atoms with E-state index >= 15 is 0 Å². The summed E-state index contributed by atoms with van der Waals surface area (Å²) in [6.07, 6.45) is 0. The molecule has 0 aliphatic heterocycles. The third kappa shape index (κ3) is 4.30. The number of halogens is 1. The van der Waals surface area contributed by atoms with Crippen LogP contribution < -0.4 is 4.74 Å². The van der Waals surface area contributed by atoms with E-state index in [1.54, 1.807) is 0 Å². The Bertz CT molecular complexity index is 1340. The largest absolute Gasteiger partial charge is 0.489 e. The minimum absolute atomic E-state index is 0.576. The van der Waals surface area contributed by atoms with Crippen molar-refractivity contribution in [2.24, 2.45) is 0 Å². The average molecular weight is 529 g/mol. The maximum atomic E-state index is 6.00. The lowest BCUT2D eigenvalue weighted by molar-refractivity contribution is 0.306. The van der Waals surface area contributed by atoms with Gasteiger partial charge in [0.1, 0.15) is 12.4 Å². The molecule has 2 nitrogen and oxygen atoms in total. The van der Waals surface area contributed by atoms with E-state index < -0.39 is 0 Å². The maximum absolute atomic E-state index is 6.00. The molecule has 0 amide bonds. The summed E-state index contributed by atoms with van der Waals surface area (Å²) >= 11 is 2.36. The van der Waals surface area contributed by atoms with Gasteiger partial charge in [-0.2, -0.15) is 0 Å². The van der Waals surface area contributed by atoms with Crippen molar-refractivity contribution in [3.63, 3.8) is 0 Å². The smallest absolute Gasteiger partial charge is 0.119 e. The van der Waals surface area contributed by atoms with E-state index in [4.69, 9.17) is 4.74 Å². The lowest BCUT2D eigenvalue weighted by Crippen LogP contribution is -2.02. The van der Waals surface area contributed by atoms with Crippen LogP contribution in [0.15, 0.2) is 103 Å². The number of aromatic nitrogens is 1. The normalized spacial score (nSPS) is 11.1. The number of para-hydroxylation sites is 1. The first-order chi connectivity index (χ1) is 15.7. The number of ether oxygens (including phenoxy) is 1. The van der Waals surface area contributed by atoms with E-state index in [9.17, 15) is 0 Å². The lowest BCUT2D eigenvalue weighted by Gasteiger charge is -2.13. The van der Waals surface area contributed by atoms with Crippen LogP contribution >= 0.6 is 22.6 Å². The summed E-state index contributed by atoms with van der Waals surface area (Å²) in [6, 6.07) is 36.2. The fourth-order valence-corrected chi connectivity index (χ4v) is 4.60. The van der Waals surface area contributed by atoms with Crippen LogP contribution in [-0.2, 0) is 13.2 Å². The molecule has 5 aromatic rings. The molecular weight excluding hydrogens is 505 g/mol. The van der Waals surface area contributed by atoms with Crippen molar-refractivity contribution in [2.45, 2.75) is 20.1 Å². The summed E-state index contributed by atoms with van der Waals surface area (Å²) in [5.74, 6) is 0.885. The van der Waals surface area contributed by atoms with Crippen LogP contribution in [0.3, 0.4) is 0 Å². The van der Waals surface area contributed by atoms with Crippen LogP contribution in [0.25, 0.3) is 22.2 Å². The van der Waals surface area contributed by atoms with Gasteiger partial charge in [0.05, 0.1) is 5.69 Å². The van der Waals surface area contributed by atoms with Crippen molar-refractivity contribution >= 4 is 33.5 Å². The Morgan fingerprint density at radius 2 is 1.41 bits per heavy atom. The predicted molar refractivity (Wildman–Crippen MR) is 141 cm³/mol. The summed E-state index contributed by atoms with van der Waals surface area (Å²) in [5.41, 5.74) is 7.52. The third-order valence-corrected chi connectivity index (χ3v) is 6.57. The molecule has 0 fully saturated rings. The van der Waals surface area contributed by atoms with E-state index in [2.05, 4.69) is 119 Å². The van der Waals surface area contributed by atoms with E-state index in [0.717, 1.165) is 12.3 Å². The van der Waals surface area contributed by atoms with Crippen LogP contribution in [0.5, 0.6) is 5.75 Å². The third-order valence-electron chi connectivity index (χ3n) is 5.85. The molecule has 32 heavy (non-hydrogen) atoms. The second-order valence-corrected chi connectivity index (χ2v) is 9.25. The first kappa shape index (κ1) is 20.8. The van der Waals surface area contributed by atoms with Gasteiger partial charge < -0.3 is 9.30 Å². The van der Waals surface area contributed by atoms with Gasteiger partial charge in [-0.15, -0.1) is 0 Å². The van der Waals surface area contributed by atoms with Crippen molar-refractivity contribution in [3.8, 4) is 17.0 Å². The van der Waals surface area contributed by atoms with Gasteiger partial charge in [0.25, 0.3) is 0 Å². The van der Waals surface area contributed by atoms with Crippen molar-refractivity contribution in [3.05, 3.63) is 123 Å². The highest BCUT2D eigenvalue weighted by Crippen LogP contribution is 2.34. The molecular formula is C29H24INO. The summed E-state index contributed by atoms with van der Waals surface area (Å²) in [5, 5.41) is 1.30. The molecule has 1 heterocycles. The number of hydrogen-bond acceptors (Lipinski definition) is 1. The van der Waals surface area contributed by atoms with Gasteiger partial charge in [0.15, 0.2) is 0 Å². The molecule has 0 aliphatic rings. The van der Waals surface area contributed by atoms with Crippen LogP contribution in [0.2, 0.25) is 0 Å². The Hall–Kier alpha value is -3.05. The van der Waals surface area contributed by atoms with Crippen molar-refractivity contribution in [1.29, 1.82) is 0 Å². The minimum atomic E-state index is 0.576. The highest BCUT2D eigenvalue weighted by molar-refractivity contribution is 14.1. The molecule has 0 saturated heterocycles. The van der Waals surface area contributed by atoms with Crippen LogP contribution in [0.4, 0.5) is 0 Å². The minimum Gasteiger partial charge on any atom is -0.489 e. The number of nitrogens with zero attached hydrogens (tertiary/aromatic N) is 1. The molecule has 0 unspecified atom stereocenters. The van der Waals surface area contributed by atoms with Crippen LogP contribution in [0, 0.1) is 10.5 Å². The van der Waals surface area contributed by atoms with Gasteiger partial charge in [-0.3, -0.25) is 0 Å². The SMILES string of the molecule is Cc1c(-c2ccc(OCc3ccccc3)cc2)n(Cc2ccc(I)cc2)c2ccccc12. The van der Waals surface area contributed by atoms with Gasteiger partial charge >= 0.3 is 0 Å². The number of rotatable bonds is 6. The zero-order valence-corrected chi connectivity index (χ0v) is 20.1. The standard InChI is InChI=1S/C29H24INO/c1-21-27-9-5-6-10-28(27)31(19-22-11-15-25(30)16-12-22)29(21)24-13-17-26(18-14-24)32-20-23-7-3-2-4-8-23/h2-18H,19-20H2,1H3. The van der Waals surface area contributed by atoms with Gasteiger partial charge in [0, 0.05) is 21.0 Å². The first-order valence-electron chi connectivity index (χ1n) is 10.8.